The Kier molecular flexibility index (Phi) is 3.87. The highest BCUT2D eigenvalue weighted by molar-refractivity contribution is 7.99. The second-order valence-corrected chi connectivity index (χ2v) is 6.17. The van der Waals surface area contributed by atoms with Gasteiger partial charge in [-0.1, -0.05) is 11.8 Å². The minimum absolute atomic E-state index is 0.0520. The van der Waals surface area contributed by atoms with Crippen molar-refractivity contribution in [2.75, 3.05) is 11.5 Å². The number of thioether (sulfide) groups is 1. The first kappa shape index (κ1) is 14.0. The topological polar surface area (TPSA) is 98.7 Å². The van der Waals surface area contributed by atoms with Gasteiger partial charge < -0.3 is 10.3 Å². The summed E-state index contributed by atoms with van der Waals surface area (Å²) in [4.78, 5) is 23.3. The zero-order valence-corrected chi connectivity index (χ0v) is 12.3. The van der Waals surface area contributed by atoms with E-state index in [-0.39, 0.29) is 11.2 Å². The highest BCUT2D eigenvalue weighted by atomic mass is 32.2. The molecule has 0 saturated heterocycles. The molecule has 7 nitrogen and oxygen atoms in total. The van der Waals surface area contributed by atoms with Crippen LogP contribution >= 0.6 is 11.8 Å². The lowest BCUT2D eigenvalue weighted by Crippen LogP contribution is -2.19. The summed E-state index contributed by atoms with van der Waals surface area (Å²) in [5, 5.41) is 7.29. The molecule has 0 aliphatic heterocycles. The van der Waals surface area contributed by atoms with E-state index < -0.39 is 0 Å². The number of anilines is 1. The molecule has 1 aliphatic rings. The Hall–Kier alpha value is -1.96. The lowest BCUT2D eigenvalue weighted by Gasteiger charge is -2.06. The number of nitrogen functional groups attached to an aromatic ring is 1. The van der Waals surface area contributed by atoms with Crippen molar-refractivity contribution in [2.24, 2.45) is 0 Å². The molecular weight excluding hydrogens is 290 g/mol. The van der Waals surface area contributed by atoms with Crippen molar-refractivity contribution in [1.82, 2.24) is 19.3 Å². The maximum absolute atomic E-state index is 11.6. The Morgan fingerprint density at radius 2 is 2.19 bits per heavy atom. The maximum atomic E-state index is 11.6. The molecule has 0 amide bonds. The van der Waals surface area contributed by atoms with Crippen molar-refractivity contribution in [3.63, 3.8) is 0 Å². The third kappa shape index (κ3) is 3.21. The quantitative estimate of drug-likeness (QED) is 0.608. The summed E-state index contributed by atoms with van der Waals surface area (Å²) in [6, 6.07) is 3.39. The Morgan fingerprint density at radius 3 is 2.95 bits per heavy atom. The average molecular weight is 307 g/mol. The van der Waals surface area contributed by atoms with E-state index in [1.165, 1.54) is 17.8 Å². The first-order valence-corrected chi connectivity index (χ1v) is 7.89. The summed E-state index contributed by atoms with van der Waals surface area (Å²) < 4.78 is 3.34. The van der Waals surface area contributed by atoms with E-state index in [2.05, 4.69) is 10.2 Å². The predicted molar refractivity (Wildman–Crippen MR) is 81.6 cm³/mol. The fourth-order valence-corrected chi connectivity index (χ4v) is 3.11. The van der Waals surface area contributed by atoms with Crippen molar-refractivity contribution in [1.29, 1.82) is 0 Å². The van der Waals surface area contributed by atoms with E-state index in [9.17, 15) is 9.59 Å². The zero-order valence-electron chi connectivity index (χ0n) is 11.5. The molecule has 3 N–H and O–H groups in total. The molecule has 2 heterocycles. The lowest BCUT2D eigenvalue weighted by atomic mass is 10.4. The van der Waals surface area contributed by atoms with Crippen LogP contribution in [-0.4, -0.2) is 25.1 Å². The van der Waals surface area contributed by atoms with Crippen molar-refractivity contribution >= 4 is 17.4 Å². The van der Waals surface area contributed by atoms with Gasteiger partial charge in [0.05, 0.1) is 0 Å². The SMILES string of the molecule is Nc1ccc(=O)n(CCCSc2n[nH]c(=O)n2C2CC2)c1. The molecule has 112 valence electrons. The molecule has 0 spiro atoms. The third-order valence-corrected chi connectivity index (χ3v) is 4.40. The number of nitrogens with two attached hydrogens (primary N) is 1. The molecule has 0 aromatic carbocycles. The Bertz CT molecular complexity index is 744. The minimum Gasteiger partial charge on any atom is -0.398 e. The van der Waals surface area contributed by atoms with Gasteiger partial charge in [0.25, 0.3) is 5.56 Å². The standard InChI is InChI=1S/C13H17N5O2S/c14-9-2-5-11(19)17(8-9)6-1-7-21-13-16-15-12(20)18(13)10-3-4-10/h2,5,8,10H,1,3-4,6-7,14H2,(H,15,20). The molecule has 1 aliphatic carbocycles. The maximum Gasteiger partial charge on any atom is 0.344 e. The van der Waals surface area contributed by atoms with E-state index in [4.69, 9.17) is 5.73 Å². The molecule has 3 rings (SSSR count). The predicted octanol–water partition coefficient (Wildman–Crippen LogP) is 0.833. The van der Waals surface area contributed by atoms with Crippen LogP contribution in [0, 0.1) is 0 Å². The van der Waals surface area contributed by atoms with Crippen LogP contribution in [0.1, 0.15) is 25.3 Å². The molecule has 1 saturated carbocycles. The first-order valence-electron chi connectivity index (χ1n) is 6.91. The highest BCUT2D eigenvalue weighted by Gasteiger charge is 2.28. The first-order chi connectivity index (χ1) is 10.1. The number of aromatic nitrogens is 4. The molecule has 8 heteroatoms. The van der Waals surface area contributed by atoms with Gasteiger partial charge in [0.1, 0.15) is 0 Å². The number of H-pyrrole nitrogens is 1. The van der Waals surface area contributed by atoms with Crippen LogP contribution in [0.4, 0.5) is 5.69 Å². The van der Waals surface area contributed by atoms with Gasteiger partial charge in [-0.15, -0.1) is 5.10 Å². The monoisotopic (exact) mass is 307 g/mol. The number of rotatable bonds is 6. The van der Waals surface area contributed by atoms with Crippen LogP contribution in [-0.2, 0) is 6.54 Å². The average Bonchev–Trinajstić information content (AvgIpc) is 3.23. The van der Waals surface area contributed by atoms with Crippen molar-refractivity contribution in [3.05, 3.63) is 39.2 Å². The van der Waals surface area contributed by atoms with Gasteiger partial charge in [-0.2, -0.15) is 0 Å². The van der Waals surface area contributed by atoms with E-state index >= 15 is 0 Å². The Morgan fingerprint density at radius 1 is 1.38 bits per heavy atom. The van der Waals surface area contributed by atoms with Crippen LogP contribution in [0.25, 0.3) is 0 Å². The van der Waals surface area contributed by atoms with E-state index in [1.807, 2.05) is 0 Å². The fourth-order valence-electron chi connectivity index (χ4n) is 2.17. The number of pyridine rings is 1. The zero-order chi connectivity index (χ0) is 14.8. The van der Waals surface area contributed by atoms with E-state index in [0.717, 1.165) is 30.2 Å². The van der Waals surface area contributed by atoms with Crippen molar-refractivity contribution < 1.29 is 0 Å². The van der Waals surface area contributed by atoms with Crippen molar-refractivity contribution in [3.8, 4) is 0 Å². The molecule has 1 fully saturated rings. The van der Waals surface area contributed by atoms with E-state index in [0.29, 0.717) is 18.3 Å². The van der Waals surface area contributed by atoms with Crippen molar-refractivity contribution in [2.45, 2.75) is 37.0 Å². The third-order valence-electron chi connectivity index (χ3n) is 3.36. The normalized spacial score (nSPS) is 14.5. The fraction of sp³-hybridized carbons (Fsp3) is 0.462. The number of nitrogens with one attached hydrogen (secondary N) is 1. The molecule has 0 radical (unpaired) electrons. The molecule has 21 heavy (non-hydrogen) atoms. The Labute approximate surface area is 125 Å². The van der Waals surface area contributed by atoms with Crippen LogP contribution in [0.3, 0.4) is 0 Å². The van der Waals surface area contributed by atoms with Crippen LogP contribution < -0.4 is 17.0 Å². The van der Waals surface area contributed by atoms with Gasteiger partial charge in [-0.3, -0.25) is 9.36 Å². The van der Waals surface area contributed by atoms with Crippen LogP contribution in [0.15, 0.2) is 33.1 Å². The number of nitrogens with zero attached hydrogens (tertiary/aromatic N) is 3. The number of hydrogen-bond acceptors (Lipinski definition) is 5. The minimum atomic E-state index is -0.132. The summed E-state index contributed by atoms with van der Waals surface area (Å²) in [6.07, 6.45) is 4.55. The highest BCUT2D eigenvalue weighted by Crippen LogP contribution is 2.36. The number of hydrogen-bond donors (Lipinski definition) is 2. The lowest BCUT2D eigenvalue weighted by molar-refractivity contribution is 0.637. The van der Waals surface area contributed by atoms with Crippen LogP contribution in [0.2, 0.25) is 0 Å². The molecule has 2 aromatic heterocycles. The second-order valence-electron chi connectivity index (χ2n) is 5.11. The molecule has 2 aromatic rings. The van der Waals surface area contributed by atoms with Gasteiger partial charge in [-0.05, 0) is 25.3 Å². The molecule has 0 bridgehead atoms. The summed E-state index contributed by atoms with van der Waals surface area (Å²) in [5.41, 5.74) is 6.06. The van der Waals surface area contributed by atoms with Gasteiger partial charge in [0.2, 0.25) is 0 Å². The number of aryl methyl sites for hydroxylation is 1. The van der Waals surface area contributed by atoms with Crippen LogP contribution in [0.5, 0.6) is 0 Å². The van der Waals surface area contributed by atoms with Gasteiger partial charge in [0.15, 0.2) is 5.16 Å². The smallest absolute Gasteiger partial charge is 0.344 e. The molecule has 0 unspecified atom stereocenters. The summed E-state index contributed by atoms with van der Waals surface area (Å²) in [6.45, 7) is 0.606. The largest absolute Gasteiger partial charge is 0.398 e. The number of aromatic amines is 1. The summed E-state index contributed by atoms with van der Waals surface area (Å²) in [5.74, 6) is 0.790. The molecular formula is C13H17N5O2S. The molecule has 0 atom stereocenters. The van der Waals surface area contributed by atoms with Gasteiger partial charge in [-0.25, -0.2) is 9.89 Å². The van der Waals surface area contributed by atoms with Gasteiger partial charge >= 0.3 is 5.69 Å². The van der Waals surface area contributed by atoms with E-state index in [1.54, 1.807) is 21.4 Å². The van der Waals surface area contributed by atoms with Gasteiger partial charge in [0, 0.05) is 36.3 Å². The summed E-state index contributed by atoms with van der Waals surface area (Å²) >= 11 is 1.54. The Balaban J connectivity index is 1.56. The summed E-state index contributed by atoms with van der Waals surface area (Å²) in [7, 11) is 0. The second kappa shape index (κ2) is 5.80.